The monoisotopic (exact) mass is 318 g/mol. The molecule has 0 saturated heterocycles. The van der Waals surface area contributed by atoms with Gasteiger partial charge in [0.05, 0.1) is 7.11 Å². The van der Waals surface area contributed by atoms with Crippen LogP contribution in [0.15, 0.2) is 12.1 Å². The topological polar surface area (TPSA) is 91.6 Å². The predicted octanol–water partition coefficient (Wildman–Crippen LogP) is 1.61. The van der Waals surface area contributed by atoms with Crippen molar-refractivity contribution < 1.29 is 19.2 Å². The minimum absolute atomic E-state index is 0.0129. The van der Waals surface area contributed by atoms with Gasteiger partial charge in [-0.1, -0.05) is 15.9 Å². The predicted molar refractivity (Wildman–Crippen MR) is 65.9 cm³/mol. The first-order valence-corrected chi connectivity index (χ1v) is 5.84. The Morgan fingerprint density at radius 1 is 1.61 bits per heavy atom. The highest BCUT2D eigenvalue weighted by Gasteiger charge is 2.21. The van der Waals surface area contributed by atoms with E-state index in [0.717, 1.165) is 0 Å². The molecular weight excluding hydrogens is 308 g/mol. The number of carbonyl (C=O) groups excluding carboxylic acids is 1. The Bertz CT molecular complexity index is 466. The fourth-order valence-electron chi connectivity index (χ4n) is 1.13. The van der Waals surface area contributed by atoms with E-state index in [-0.39, 0.29) is 18.2 Å². The van der Waals surface area contributed by atoms with Crippen LogP contribution in [-0.4, -0.2) is 34.4 Å². The van der Waals surface area contributed by atoms with Crippen LogP contribution in [0.1, 0.15) is 5.69 Å². The van der Waals surface area contributed by atoms with Crippen molar-refractivity contribution in [3.8, 4) is 5.75 Å². The van der Waals surface area contributed by atoms with E-state index >= 15 is 0 Å². The van der Waals surface area contributed by atoms with Gasteiger partial charge in [-0.3, -0.25) is 4.79 Å². The average Bonchev–Trinajstić information content (AvgIpc) is 2.35. The van der Waals surface area contributed by atoms with E-state index in [1.165, 1.54) is 13.2 Å². The van der Waals surface area contributed by atoms with Gasteiger partial charge >= 0.3 is 11.8 Å². The summed E-state index contributed by atoms with van der Waals surface area (Å²) in [6, 6.07) is 3.03. The lowest BCUT2D eigenvalue weighted by molar-refractivity contribution is -0.390. The van der Waals surface area contributed by atoms with Gasteiger partial charge in [-0.15, -0.1) is 0 Å². The maximum atomic E-state index is 11.1. The number of ether oxygens (including phenoxy) is 2. The van der Waals surface area contributed by atoms with Crippen molar-refractivity contribution in [2.45, 2.75) is 11.8 Å². The van der Waals surface area contributed by atoms with Gasteiger partial charge in [0.25, 0.3) is 0 Å². The molecule has 0 N–H and O–H groups in total. The van der Waals surface area contributed by atoms with E-state index in [0.29, 0.717) is 5.69 Å². The summed E-state index contributed by atoms with van der Waals surface area (Å²) < 4.78 is 9.67. The molecule has 1 rings (SSSR count). The van der Waals surface area contributed by atoms with Crippen molar-refractivity contribution in [1.82, 2.24) is 4.98 Å². The third-order valence-electron chi connectivity index (χ3n) is 1.99. The number of carbonyl (C=O) groups is 1. The molecule has 98 valence electrons. The highest BCUT2D eigenvalue weighted by atomic mass is 79.9. The molecule has 0 aliphatic rings. The summed E-state index contributed by atoms with van der Waals surface area (Å²) in [6.07, 6.45) is 0. The second kappa shape index (κ2) is 6.29. The Balaban J connectivity index is 2.79. The van der Waals surface area contributed by atoms with Crippen LogP contribution in [0.3, 0.4) is 0 Å². The number of rotatable bonds is 5. The van der Waals surface area contributed by atoms with E-state index in [1.54, 1.807) is 13.0 Å². The summed E-state index contributed by atoms with van der Waals surface area (Å²) in [4.78, 5) is 24.3. The number of nitrogens with zero attached hydrogens (tertiary/aromatic N) is 2. The Labute approximate surface area is 111 Å². The summed E-state index contributed by atoms with van der Waals surface area (Å²) in [5.41, 5.74) is 0.511. The lowest BCUT2D eigenvalue weighted by Gasteiger charge is -2.09. The molecular formula is C10H11BrN2O5. The zero-order valence-corrected chi connectivity index (χ0v) is 11.3. The van der Waals surface area contributed by atoms with Crippen LogP contribution >= 0.6 is 15.9 Å². The number of aromatic nitrogens is 1. The van der Waals surface area contributed by atoms with Crippen molar-refractivity contribution in [2.24, 2.45) is 0 Å². The fourth-order valence-corrected chi connectivity index (χ4v) is 1.45. The normalized spacial score (nSPS) is 11.7. The smallest absolute Gasteiger partial charge is 0.406 e. The number of methoxy groups -OCH3 is 1. The Hall–Kier alpha value is -1.70. The minimum atomic E-state index is -0.691. The zero-order chi connectivity index (χ0) is 13.7. The molecule has 1 unspecified atom stereocenters. The van der Waals surface area contributed by atoms with Crippen LogP contribution < -0.4 is 4.74 Å². The first-order valence-electron chi connectivity index (χ1n) is 4.92. The molecule has 0 fully saturated rings. The van der Waals surface area contributed by atoms with Crippen molar-refractivity contribution in [3.63, 3.8) is 0 Å². The lowest BCUT2D eigenvalue weighted by Crippen LogP contribution is -2.23. The first-order chi connectivity index (χ1) is 8.45. The number of aryl methyl sites for hydroxylation is 1. The lowest BCUT2D eigenvalue weighted by atomic mass is 10.3. The molecule has 0 radical (unpaired) electrons. The van der Waals surface area contributed by atoms with E-state index in [1.807, 2.05) is 0 Å². The molecule has 8 heteroatoms. The fraction of sp³-hybridized carbons (Fsp3) is 0.400. The number of hydrogen-bond acceptors (Lipinski definition) is 6. The highest BCUT2D eigenvalue weighted by Crippen LogP contribution is 2.24. The van der Waals surface area contributed by atoms with Crippen LogP contribution in [0.4, 0.5) is 5.82 Å². The summed E-state index contributed by atoms with van der Waals surface area (Å²) in [7, 11) is 1.24. The van der Waals surface area contributed by atoms with Crippen molar-refractivity contribution in [1.29, 1.82) is 0 Å². The molecule has 0 saturated carbocycles. The molecule has 7 nitrogen and oxygen atoms in total. The number of nitro groups is 1. The second-order valence-electron chi connectivity index (χ2n) is 3.33. The summed E-state index contributed by atoms with van der Waals surface area (Å²) >= 11 is 3.05. The molecule has 0 aliphatic heterocycles. The molecule has 0 aliphatic carbocycles. The van der Waals surface area contributed by atoms with Crippen molar-refractivity contribution >= 4 is 27.7 Å². The molecule has 1 heterocycles. The van der Waals surface area contributed by atoms with Gasteiger partial charge in [0.2, 0.25) is 5.75 Å². The largest absolute Gasteiger partial charge is 0.484 e. The molecule has 1 aromatic heterocycles. The van der Waals surface area contributed by atoms with Crippen LogP contribution in [0.25, 0.3) is 0 Å². The Morgan fingerprint density at radius 2 is 2.28 bits per heavy atom. The van der Waals surface area contributed by atoms with Crippen molar-refractivity contribution in [2.75, 3.05) is 13.7 Å². The summed E-state index contributed by atoms with van der Waals surface area (Å²) in [6.45, 7) is 1.55. The van der Waals surface area contributed by atoms with E-state index in [9.17, 15) is 14.9 Å². The number of esters is 1. The number of hydrogen-bond donors (Lipinski definition) is 0. The molecule has 1 aromatic rings. The number of halogens is 1. The van der Waals surface area contributed by atoms with Gasteiger partial charge < -0.3 is 19.6 Å². The van der Waals surface area contributed by atoms with Gasteiger partial charge in [-0.2, -0.15) is 0 Å². The van der Waals surface area contributed by atoms with Gasteiger partial charge in [0, 0.05) is 6.92 Å². The van der Waals surface area contributed by atoms with Crippen molar-refractivity contribution in [3.05, 3.63) is 27.9 Å². The summed E-state index contributed by atoms with van der Waals surface area (Å²) in [5, 5.41) is 10.8. The van der Waals surface area contributed by atoms with Crippen LogP contribution in [0.5, 0.6) is 5.75 Å². The SMILES string of the molecule is COC(=O)C(Br)COc1ccc(C)nc1[N+](=O)[O-]. The van der Waals surface area contributed by atoms with Crippen LogP contribution in [0.2, 0.25) is 0 Å². The first kappa shape index (κ1) is 14.4. The molecule has 18 heavy (non-hydrogen) atoms. The Kier molecular flexibility index (Phi) is 5.02. The second-order valence-corrected chi connectivity index (χ2v) is 4.44. The average molecular weight is 319 g/mol. The van der Waals surface area contributed by atoms with E-state index in [4.69, 9.17) is 4.74 Å². The van der Waals surface area contributed by atoms with Gasteiger partial charge in [0.15, 0.2) is 0 Å². The quantitative estimate of drug-likeness (QED) is 0.354. The van der Waals surface area contributed by atoms with Gasteiger partial charge in [-0.05, 0) is 22.0 Å². The molecule has 0 aromatic carbocycles. The standard InChI is InChI=1S/C10H11BrN2O5/c1-6-3-4-8(9(12-6)13(15)16)18-5-7(11)10(14)17-2/h3-4,7H,5H2,1-2H3. The molecule has 1 atom stereocenters. The maximum absolute atomic E-state index is 11.1. The Morgan fingerprint density at radius 3 is 2.83 bits per heavy atom. The van der Waals surface area contributed by atoms with E-state index < -0.39 is 15.7 Å². The van der Waals surface area contributed by atoms with Crippen LogP contribution in [-0.2, 0) is 9.53 Å². The summed E-state index contributed by atoms with van der Waals surface area (Å²) in [5.74, 6) is -0.878. The molecule has 0 amide bonds. The number of pyridine rings is 1. The third-order valence-corrected chi connectivity index (χ3v) is 2.63. The van der Waals surface area contributed by atoms with Gasteiger partial charge in [0.1, 0.15) is 17.1 Å². The molecule has 0 spiro atoms. The van der Waals surface area contributed by atoms with E-state index in [2.05, 4.69) is 25.7 Å². The van der Waals surface area contributed by atoms with Crippen LogP contribution in [0, 0.1) is 17.0 Å². The third kappa shape index (κ3) is 3.66. The molecule has 0 bridgehead atoms. The van der Waals surface area contributed by atoms with Gasteiger partial charge in [-0.25, -0.2) is 0 Å². The minimum Gasteiger partial charge on any atom is -0.484 e. The number of alkyl halides is 1. The highest BCUT2D eigenvalue weighted by molar-refractivity contribution is 9.10. The zero-order valence-electron chi connectivity index (χ0n) is 9.75. The maximum Gasteiger partial charge on any atom is 0.406 e.